The Hall–Kier alpha value is -2.76. The number of benzene rings is 2. The first-order valence-corrected chi connectivity index (χ1v) is 9.74. The topological polar surface area (TPSA) is 84.9 Å². The van der Waals surface area contributed by atoms with Gasteiger partial charge in [0.2, 0.25) is 0 Å². The highest BCUT2D eigenvalue weighted by atomic mass is 32.2. The summed E-state index contributed by atoms with van der Waals surface area (Å²) in [6.07, 6.45) is -4.36. The zero-order chi connectivity index (χ0) is 21.7. The number of hydroxylamine groups is 1. The molecule has 0 radical (unpaired) electrons. The Bertz CT molecular complexity index is 901. The van der Waals surface area contributed by atoms with Crippen LogP contribution in [0.4, 0.5) is 24.5 Å². The van der Waals surface area contributed by atoms with Gasteiger partial charge in [-0.2, -0.15) is 13.2 Å². The first-order valence-electron chi connectivity index (χ1n) is 8.97. The zero-order valence-corrected chi connectivity index (χ0v) is 16.5. The third-order valence-electron chi connectivity index (χ3n) is 4.43. The summed E-state index contributed by atoms with van der Waals surface area (Å²) in [5, 5.41) is 10.8. The van der Waals surface area contributed by atoms with Crippen molar-refractivity contribution in [3.8, 4) is 0 Å². The molecule has 1 fully saturated rings. The molecule has 2 aromatic rings. The molecule has 11 heteroatoms. The molecular weight excluding hydrogens is 421 g/mol. The van der Waals surface area contributed by atoms with Crippen LogP contribution in [-0.2, 0) is 15.8 Å². The summed E-state index contributed by atoms with van der Waals surface area (Å²) < 4.78 is 40.8. The van der Waals surface area contributed by atoms with Crippen molar-refractivity contribution >= 4 is 35.1 Å². The average Bonchev–Trinajstić information content (AvgIpc) is 2.74. The van der Waals surface area contributed by atoms with Crippen LogP contribution in [0.2, 0.25) is 0 Å². The highest BCUT2D eigenvalue weighted by Gasteiger charge is 2.31. The maximum Gasteiger partial charge on any atom is 0.416 e. The Labute approximate surface area is 174 Å². The molecule has 1 saturated heterocycles. The molecule has 3 rings (SSSR count). The summed E-state index contributed by atoms with van der Waals surface area (Å²) >= 11 is 1.50. The third kappa shape index (κ3) is 5.65. The highest BCUT2D eigenvalue weighted by Crippen LogP contribution is 2.32. The van der Waals surface area contributed by atoms with Crippen molar-refractivity contribution < 1.29 is 28.0 Å². The van der Waals surface area contributed by atoms with Gasteiger partial charge in [-0.3, -0.25) is 14.8 Å². The van der Waals surface area contributed by atoms with E-state index in [1.807, 2.05) is 4.90 Å². The molecule has 160 valence electrons. The number of nitrogens with one attached hydrogen (secondary N) is 2. The Morgan fingerprint density at radius 2 is 1.63 bits per heavy atom. The molecule has 3 N–H and O–H groups in total. The van der Waals surface area contributed by atoms with Crippen molar-refractivity contribution in [2.75, 3.05) is 36.4 Å². The van der Waals surface area contributed by atoms with E-state index in [0.29, 0.717) is 37.6 Å². The molecule has 0 unspecified atom stereocenters. The van der Waals surface area contributed by atoms with Crippen molar-refractivity contribution in [2.24, 2.45) is 0 Å². The van der Waals surface area contributed by atoms with Gasteiger partial charge in [-0.25, -0.2) is 9.79 Å². The molecule has 0 aromatic heterocycles. The van der Waals surface area contributed by atoms with Crippen LogP contribution < -0.4 is 15.7 Å². The van der Waals surface area contributed by atoms with E-state index in [1.165, 1.54) is 29.6 Å². The van der Waals surface area contributed by atoms with Gasteiger partial charge in [-0.15, -0.1) is 0 Å². The quantitative estimate of drug-likeness (QED) is 0.293. The van der Waals surface area contributed by atoms with E-state index in [4.69, 9.17) is 5.21 Å². The lowest BCUT2D eigenvalue weighted by Crippen LogP contribution is -2.43. The van der Waals surface area contributed by atoms with Gasteiger partial charge in [0.1, 0.15) is 0 Å². The molecule has 0 spiro atoms. The Morgan fingerprint density at radius 1 is 0.967 bits per heavy atom. The summed E-state index contributed by atoms with van der Waals surface area (Å²) in [4.78, 5) is 25.2. The molecule has 1 aliphatic rings. The van der Waals surface area contributed by atoms with Crippen LogP contribution >= 0.6 is 11.9 Å². The number of carbonyl (C=O) groups excluding carboxylic acids is 2. The fourth-order valence-electron chi connectivity index (χ4n) is 2.90. The van der Waals surface area contributed by atoms with Crippen LogP contribution in [0.15, 0.2) is 53.4 Å². The second-order valence-electron chi connectivity index (χ2n) is 6.47. The van der Waals surface area contributed by atoms with E-state index in [2.05, 4.69) is 9.62 Å². The van der Waals surface area contributed by atoms with Gasteiger partial charge >= 0.3 is 18.0 Å². The lowest BCUT2D eigenvalue weighted by molar-refractivity contribution is -0.141. The second-order valence-corrected chi connectivity index (χ2v) is 7.65. The van der Waals surface area contributed by atoms with Crippen molar-refractivity contribution in [1.82, 2.24) is 9.79 Å². The van der Waals surface area contributed by atoms with Crippen molar-refractivity contribution in [3.05, 3.63) is 54.1 Å². The predicted octanol–water partition coefficient (Wildman–Crippen LogP) is 2.98. The molecular formula is C19H19F3N4O3S. The number of amides is 2. The Kier molecular flexibility index (Phi) is 6.85. The average molecular weight is 440 g/mol. The van der Waals surface area contributed by atoms with E-state index < -0.39 is 23.6 Å². The largest absolute Gasteiger partial charge is 0.416 e. The lowest BCUT2D eigenvalue weighted by atomic mass is 10.1. The number of alkyl halides is 3. The summed E-state index contributed by atoms with van der Waals surface area (Å²) in [5.41, 5.74) is 1.56. The van der Waals surface area contributed by atoms with Gasteiger partial charge in [-0.05, 0) is 54.4 Å². The van der Waals surface area contributed by atoms with Gasteiger partial charge in [0, 0.05) is 42.4 Å². The smallest absolute Gasteiger partial charge is 0.369 e. The zero-order valence-electron chi connectivity index (χ0n) is 15.6. The predicted molar refractivity (Wildman–Crippen MR) is 106 cm³/mol. The van der Waals surface area contributed by atoms with Crippen LogP contribution in [0.3, 0.4) is 0 Å². The first kappa shape index (κ1) is 21.9. The maximum absolute atomic E-state index is 12.9. The second kappa shape index (κ2) is 9.37. The molecule has 0 saturated carbocycles. The monoisotopic (exact) mass is 440 g/mol. The van der Waals surface area contributed by atoms with Crippen LogP contribution in [-0.4, -0.2) is 47.5 Å². The number of nitrogens with zero attached hydrogens (tertiary/aromatic N) is 2. The fraction of sp³-hybridized carbons (Fsp3) is 0.263. The van der Waals surface area contributed by atoms with Crippen LogP contribution in [0.25, 0.3) is 0 Å². The van der Waals surface area contributed by atoms with E-state index in [1.54, 1.807) is 30.3 Å². The van der Waals surface area contributed by atoms with E-state index >= 15 is 0 Å². The standard InChI is InChI=1S/C19H19F3N4O3S/c20-19(21,22)13-2-1-3-15(12-13)25-8-10-26(11-9-25)30-16-6-4-14(5-7-16)23-17(27)18(28)24-29/h1-7,12,29H,8-11H2,(H,23,27)(H,24,28). The molecule has 7 nitrogen and oxygen atoms in total. The van der Waals surface area contributed by atoms with Gasteiger partial charge < -0.3 is 10.2 Å². The summed E-state index contributed by atoms with van der Waals surface area (Å²) in [6, 6.07) is 12.1. The van der Waals surface area contributed by atoms with Crippen LogP contribution in [0, 0.1) is 0 Å². The molecule has 1 heterocycles. The van der Waals surface area contributed by atoms with Crippen LogP contribution in [0.5, 0.6) is 0 Å². The lowest BCUT2D eigenvalue weighted by Gasteiger charge is -2.35. The minimum atomic E-state index is -4.36. The minimum absolute atomic E-state index is 0.405. The van der Waals surface area contributed by atoms with Crippen molar-refractivity contribution in [2.45, 2.75) is 11.1 Å². The fourth-order valence-corrected chi connectivity index (χ4v) is 3.81. The number of hydrogen-bond donors (Lipinski definition) is 3. The third-order valence-corrected chi connectivity index (χ3v) is 5.54. The summed E-state index contributed by atoms with van der Waals surface area (Å²) in [7, 11) is 0. The Morgan fingerprint density at radius 3 is 2.23 bits per heavy atom. The SMILES string of the molecule is O=C(NO)C(=O)Nc1ccc(SN2CCN(c3cccc(C(F)(F)F)c3)CC2)cc1. The number of halogens is 3. The van der Waals surface area contributed by atoms with Crippen molar-refractivity contribution in [1.29, 1.82) is 0 Å². The summed E-state index contributed by atoms with van der Waals surface area (Å²) in [5.74, 6) is -2.14. The maximum atomic E-state index is 12.9. The van der Waals surface area contributed by atoms with E-state index in [0.717, 1.165) is 11.0 Å². The number of hydrogen-bond acceptors (Lipinski definition) is 6. The van der Waals surface area contributed by atoms with Gasteiger partial charge in [-0.1, -0.05) is 6.07 Å². The molecule has 0 bridgehead atoms. The number of anilines is 2. The van der Waals surface area contributed by atoms with Gasteiger partial charge in [0.05, 0.1) is 5.56 Å². The normalized spacial score (nSPS) is 15.0. The molecule has 0 atom stereocenters. The number of piperazine rings is 1. The molecule has 2 amide bonds. The van der Waals surface area contributed by atoms with Crippen LogP contribution in [0.1, 0.15) is 5.56 Å². The Balaban J connectivity index is 1.52. The summed E-state index contributed by atoms with van der Waals surface area (Å²) in [6.45, 7) is 2.52. The molecule has 1 aliphatic heterocycles. The minimum Gasteiger partial charge on any atom is -0.369 e. The first-order chi connectivity index (χ1) is 14.3. The molecule has 2 aromatic carbocycles. The highest BCUT2D eigenvalue weighted by molar-refractivity contribution is 7.97. The number of rotatable bonds is 4. The van der Waals surface area contributed by atoms with Gasteiger partial charge in [0.15, 0.2) is 0 Å². The van der Waals surface area contributed by atoms with Gasteiger partial charge in [0.25, 0.3) is 0 Å². The van der Waals surface area contributed by atoms with Crippen molar-refractivity contribution in [3.63, 3.8) is 0 Å². The molecule has 30 heavy (non-hydrogen) atoms. The van der Waals surface area contributed by atoms with E-state index in [-0.39, 0.29) is 0 Å². The number of carbonyl (C=O) groups is 2. The van der Waals surface area contributed by atoms with E-state index in [9.17, 15) is 22.8 Å². The molecule has 0 aliphatic carbocycles.